The van der Waals surface area contributed by atoms with Crippen LogP contribution < -0.4 is 0 Å². The Labute approximate surface area is 226 Å². The fourth-order valence-corrected chi connectivity index (χ4v) is 4.73. The van der Waals surface area contributed by atoms with Gasteiger partial charge in [0.25, 0.3) is 0 Å². The van der Waals surface area contributed by atoms with Crippen LogP contribution in [0.5, 0.6) is 0 Å². The number of Topliss-reactive ketones (excluding diaryl/α,β-unsaturated/α-hetero) is 1. The van der Waals surface area contributed by atoms with E-state index >= 15 is 0 Å². The van der Waals surface area contributed by atoms with Gasteiger partial charge in [0, 0.05) is 16.5 Å². The van der Waals surface area contributed by atoms with Gasteiger partial charge in [0.2, 0.25) is 5.78 Å². The highest BCUT2D eigenvalue weighted by atomic mass is 16.5. The highest BCUT2D eigenvalue weighted by Gasteiger charge is 2.25. The third-order valence-corrected chi connectivity index (χ3v) is 6.97. The predicted molar refractivity (Wildman–Crippen MR) is 155 cm³/mol. The summed E-state index contributed by atoms with van der Waals surface area (Å²) in [6, 6.07) is 25.1. The standard InChI is InChI=1S/C34H37NO3/c1-4-6-7-8-10-13-25-17-19-26(20-18-25)31-23-29(28-22-24(3)16-21-30(28)35-31)34(37)38-32(5-2)33(36)27-14-11-9-12-15-27/h9,11-12,14-23,32H,4-8,10,13H2,1-3H3. The molecule has 1 aromatic heterocycles. The Morgan fingerprint density at radius 1 is 0.842 bits per heavy atom. The number of unbranched alkanes of at least 4 members (excludes halogenated alkanes) is 4. The van der Waals surface area contributed by atoms with E-state index < -0.39 is 12.1 Å². The van der Waals surface area contributed by atoms with Gasteiger partial charge >= 0.3 is 5.97 Å². The summed E-state index contributed by atoms with van der Waals surface area (Å²) in [6.07, 6.45) is 6.93. The first-order valence-electron chi connectivity index (χ1n) is 13.8. The lowest BCUT2D eigenvalue weighted by Crippen LogP contribution is -2.27. The molecule has 0 aliphatic rings. The predicted octanol–water partition coefficient (Wildman–Crippen LogP) is 8.54. The highest BCUT2D eigenvalue weighted by molar-refractivity contribution is 6.07. The number of carbonyl (C=O) groups excluding carboxylic acids is 2. The van der Waals surface area contributed by atoms with Crippen LogP contribution in [0, 0.1) is 6.92 Å². The molecule has 0 radical (unpaired) electrons. The lowest BCUT2D eigenvalue weighted by Gasteiger charge is -2.17. The summed E-state index contributed by atoms with van der Waals surface area (Å²) in [5.74, 6) is -0.703. The van der Waals surface area contributed by atoms with Crippen LogP contribution in [0.1, 0.15) is 84.2 Å². The molecule has 3 aromatic carbocycles. The van der Waals surface area contributed by atoms with Crippen molar-refractivity contribution in [2.45, 2.75) is 71.8 Å². The molecule has 4 rings (SSSR count). The third-order valence-electron chi connectivity index (χ3n) is 6.97. The maximum absolute atomic E-state index is 13.5. The van der Waals surface area contributed by atoms with Crippen molar-refractivity contribution >= 4 is 22.7 Å². The first kappa shape index (κ1) is 27.3. The number of benzene rings is 3. The summed E-state index contributed by atoms with van der Waals surface area (Å²) >= 11 is 0. The number of carbonyl (C=O) groups is 2. The van der Waals surface area contributed by atoms with E-state index in [0.717, 1.165) is 28.5 Å². The number of hydrogen-bond acceptors (Lipinski definition) is 4. The Hall–Kier alpha value is -3.79. The fourth-order valence-electron chi connectivity index (χ4n) is 4.73. The van der Waals surface area contributed by atoms with Crippen molar-refractivity contribution in [3.8, 4) is 11.3 Å². The second kappa shape index (κ2) is 13.1. The molecule has 4 aromatic rings. The minimum atomic E-state index is -0.849. The van der Waals surface area contributed by atoms with E-state index in [-0.39, 0.29) is 5.78 Å². The monoisotopic (exact) mass is 507 g/mol. The Morgan fingerprint density at radius 2 is 1.58 bits per heavy atom. The number of pyridine rings is 1. The summed E-state index contributed by atoms with van der Waals surface area (Å²) in [4.78, 5) is 31.4. The summed E-state index contributed by atoms with van der Waals surface area (Å²) in [7, 11) is 0. The molecular formula is C34H37NO3. The number of fused-ring (bicyclic) bond motifs is 1. The van der Waals surface area contributed by atoms with E-state index in [1.54, 1.807) is 18.2 Å². The highest BCUT2D eigenvalue weighted by Crippen LogP contribution is 2.27. The molecular weight excluding hydrogens is 470 g/mol. The van der Waals surface area contributed by atoms with Gasteiger partial charge in [0.15, 0.2) is 6.10 Å². The van der Waals surface area contributed by atoms with Gasteiger partial charge < -0.3 is 4.74 Å². The van der Waals surface area contributed by atoms with Crippen LogP contribution in [-0.2, 0) is 11.2 Å². The zero-order valence-corrected chi connectivity index (χ0v) is 22.7. The Bertz CT molecular complexity index is 1380. The summed E-state index contributed by atoms with van der Waals surface area (Å²) < 4.78 is 5.82. The second-order valence-corrected chi connectivity index (χ2v) is 9.97. The lowest BCUT2D eigenvalue weighted by molar-refractivity contribution is 0.0279. The van der Waals surface area contributed by atoms with Crippen molar-refractivity contribution in [3.63, 3.8) is 0 Å². The normalized spacial score (nSPS) is 11.9. The van der Waals surface area contributed by atoms with Gasteiger partial charge in [-0.25, -0.2) is 9.78 Å². The Balaban J connectivity index is 1.59. The van der Waals surface area contributed by atoms with Crippen LogP contribution in [0.25, 0.3) is 22.2 Å². The molecule has 0 amide bonds. The molecule has 0 saturated heterocycles. The van der Waals surface area contributed by atoms with Crippen LogP contribution in [0.2, 0.25) is 0 Å². The summed E-state index contributed by atoms with van der Waals surface area (Å²) in [6.45, 7) is 6.07. The van der Waals surface area contributed by atoms with Crippen LogP contribution in [0.3, 0.4) is 0 Å². The molecule has 1 heterocycles. The summed E-state index contributed by atoms with van der Waals surface area (Å²) in [5.41, 5.74) is 5.68. The van der Waals surface area contributed by atoms with Crippen molar-refractivity contribution in [1.82, 2.24) is 4.98 Å². The number of aromatic nitrogens is 1. The van der Waals surface area contributed by atoms with Gasteiger partial charge in [-0.05, 0) is 49.9 Å². The van der Waals surface area contributed by atoms with Crippen molar-refractivity contribution in [1.29, 1.82) is 0 Å². The largest absolute Gasteiger partial charge is 0.450 e. The van der Waals surface area contributed by atoms with Crippen molar-refractivity contribution in [2.24, 2.45) is 0 Å². The molecule has 0 spiro atoms. The van der Waals surface area contributed by atoms with Gasteiger partial charge in [0.1, 0.15) is 0 Å². The second-order valence-electron chi connectivity index (χ2n) is 9.97. The molecule has 1 unspecified atom stereocenters. The van der Waals surface area contributed by atoms with Crippen molar-refractivity contribution in [2.75, 3.05) is 0 Å². The number of esters is 1. The number of nitrogens with zero attached hydrogens (tertiary/aromatic N) is 1. The molecule has 0 fully saturated rings. The Kier molecular flexibility index (Phi) is 9.42. The molecule has 0 bridgehead atoms. The van der Waals surface area contributed by atoms with Crippen molar-refractivity contribution in [3.05, 3.63) is 101 Å². The van der Waals surface area contributed by atoms with Gasteiger partial charge in [-0.2, -0.15) is 0 Å². The molecule has 196 valence electrons. The molecule has 4 nitrogen and oxygen atoms in total. The molecule has 1 atom stereocenters. The average Bonchev–Trinajstić information content (AvgIpc) is 2.95. The van der Waals surface area contributed by atoms with E-state index in [0.29, 0.717) is 23.2 Å². The van der Waals surface area contributed by atoms with E-state index in [1.807, 2.05) is 50.2 Å². The number of hydrogen-bond donors (Lipinski definition) is 0. The minimum absolute atomic E-state index is 0.193. The van der Waals surface area contributed by atoms with E-state index in [2.05, 4.69) is 31.2 Å². The topological polar surface area (TPSA) is 56.3 Å². The number of ether oxygens (including phenoxy) is 1. The van der Waals surface area contributed by atoms with E-state index in [9.17, 15) is 9.59 Å². The van der Waals surface area contributed by atoms with E-state index in [4.69, 9.17) is 9.72 Å². The third kappa shape index (κ3) is 6.74. The summed E-state index contributed by atoms with van der Waals surface area (Å²) in [5, 5.41) is 0.726. The van der Waals surface area contributed by atoms with Gasteiger partial charge in [0.05, 0.1) is 16.8 Å². The quantitative estimate of drug-likeness (QED) is 0.109. The van der Waals surface area contributed by atoms with Crippen LogP contribution in [0.15, 0.2) is 78.9 Å². The van der Waals surface area contributed by atoms with E-state index in [1.165, 1.54) is 37.7 Å². The van der Waals surface area contributed by atoms with Crippen LogP contribution in [-0.4, -0.2) is 22.8 Å². The van der Waals surface area contributed by atoms with Crippen molar-refractivity contribution < 1.29 is 14.3 Å². The molecule has 0 aliphatic carbocycles. The molecule has 4 heteroatoms. The molecule has 0 saturated carbocycles. The maximum atomic E-state index is 13.5. The SMILES string of the molecule is CCCCCCCc1ccc(-c2cc(C(=O)OC(CC)C(=O)c3ccccc3)c3cc(C)ccc3n2)cc1. The van der Waals surface area contributed by atoms with Crippen LogP contribution >= 0.6 is 0 Å². The molecule has 0 aliphatic heterocycles. The van der Waals surface area contributed by atoms with Crippen LogP contribution in [0.4, 0.5) is 0 Å². The lowest BCUT2D eigenvalue weighted by atomic mass is 10.00. The molecule has 0 N–H and O–H groups in total. The zero-order chi connectivity index (χ0) is 26.9. The fraction of sp³-hybridized carbons (Fsp3) is 0.324. The smallest absolute Gasteiger partial charge is 0.339 e. The minimum Gasteiger partial charge on any atom is -0.450 e. The van der Waals surface area contributed by atoms with Gasteiger partial charge in [-0.15, -0.1) is 0 Å². The number of rotatable bonds is 12. The number of aryl methyl sites for hydroxylation is 2. The van der Waals surface area contributed by atoms with Gasteiger partial charge in [-0.3, -0.25) is 4.79 Å². The van der Waals surface area contributed by atoms with Gasteiger partial charge in [-0.1, -0.05) is 106 Å². The first-order chi connectivity index (χ1) is 18.5. The zero-order valence-electron chi connectivity index (χ0n) is 22.7. The maximum Gasteiger partial charge on any atom is 0.339 e. The Morgan fingerprint density at radius 3 is 2.29 bits per heavy atom. The molecule has 38 heavy (non-hydrogen) atoms. The average molecular weight is 508 g/mol. The first-order valence-corrected chi connectivity index (χ1v) is 13.8. The number of ketones is 1.